The Kier molecular flexibility index (Phi) is 2.68. The Labute approximate surface area is 114 Å². The molecule has 0 atom stereocenters. The molecule has 2 aromatic rings. The van der Waals surface area contributed by atoms with Crippen LogP contribution in [-0.2, 0) is 5.54 Å². The lowest BCUT2D eigenvalue weighted by atomic mass is 9.72. The number of rotatable bonds is 2. The van der Waals surface area contributed by atoms with Crippen molar-refractivity contribution in [1.29, 1.82) is 0 Å². The maximum Gasteiger partial charge on any atom is 0.177 e. The number of hydrogen-bond acceptors (Lipinski definition) is 3. The molecular weight excluding hydrogens is 294 g/mol. The van der Waals surface area contributed by atoms with Crippen LogP contribution in [0.3, 0.4) is 0 Å². The van der Waals surface area contributed by atoms with Gasteiger partial charge in [-0.3, -0.25) is 0 Å². The van der Waals surface area contributed by atoms with Crippen molar-refractivity contribution >= 4 is 26.9 Å². The summed E-state index contributed by atoms with van der Waals surface area (Å²) in [5, 5.41) is 1.04. The van der Waals surface area contributed by atoms with E-state index in [-0.39, 0.29) is 5.54 Å². The molecule has 1 aromatic carbocycles. The zero-order valence-corrected chi connectivity index (χ0v) is 12.1. The second-order valence-electron chi connectivity index (χ2n) is 5.05. The van der Waals surface area contributed by atoms with Gasteiger partial charge in [-0.05, 0) is 59.8 Å². The molecule has 0 aliphatic heterocycles. The Balaban J connectivity index is 2.29. The minimum Gasteiger partial charge on any atom is -0.493 e. The molecule has 1 heterocycles. The van der Waals surface area contributed by atoms with E-state index in [4.69, 9.17) is 14.9 Å². The van der Waals surface area contributed by atoms with Crippen molar-refractivity contribution in [1.82, 2.24) is 0 Å². The van der Waals surface area contributed by atoms with Crippen molar-refractivity contribution in [2.75, 3.05) is 7.11 Å². The molecule has 0 saturated heterocycles. The minimum absolute atomic E-state index is 0.217. The fraction of sp³-hybridized carbons (Fsp3) is 0.429. The van der Waals surface area contributed by atoms with Crippen molar-refractivity contribution in [3.8, 4) is 5.75 Å². The zero-order chi connectivity index (χ0) is 12.9. The highest BCUT2D eigenvalue weighted by Gasteiger charge is 2.37. The summed E-state index contributed by atoms with van der Waals surface area (Å²) in [6.45, 7) is 1.94. The van der Waals surface area contributed by atoms with Crippen LogP contribution in [0.1, 0.15) is 30.6 Å². The first-order valence-electron chi connectivity index (χ1n) is 6.11. The van der Waals surface area contributed by atoms with Gasteiger partial charge < -0.3 is 14.9 Å². The summed E-state index contributed by atoms with van der Waals surface area (Å²) >= 11 is 3.67. The topological polar surface area (TPSA) is 48.4 Å². The summed E-state index contributed by atoms with van der Waals surface area (Å²) in [4.78, 5) is 0. The average Bonchev–Trinajstić information content (AvgIpc) is 2.69. The normalized spacial score (nSPS) is 17.8. The number of furan rings is 1. The maximum absolute atomic E-state index is 6.43. The third kappa shape index (κ3) is 1.59. The monoisotopic (exact) mass is 309 g/mol. The van der Waals surface area contributed by atoms with Crippen LogP contribution < -0.4 is 10.5 Å². The van der Waals surface area contributed by atoms with Gasteiger partial charge in [0.25, 0.3) is 0 Å². The molecule has 1 aromatic heterocycles. The molecule has 0 spiro atoms. The van der Waals surface area contributed by atoms with Gasteiger partial charge in [-0.2, -0.15) is 0 Å². The molecule has 0 amide bonds. The fourth-order valence-electron chi connectivity index (χ4n) is 2.61. The van der Waals surface area contributed by atoms with E-state index in [1.807, 2.05) is 19.1 Å². The van der Waals surface area contributed by atoms with E-state index >= 15 is 0 Å². The maximum atomic E-state index is 6.43. The number of aryl methyl sites for hydroxylation is 1. The first kappa shape index (κ1) is 12.1. The molecule has 1 aliphatic carbocycles. The van der Waals surface area contributed by atoms with E-state index in [1.54, 1.807) is 7.11 Å². The average molecular weight is 310 g/mol. The number of halogens is 1. The molecule has 0 bridgehead atoms. The van der Waals surface area contributed by atoms with E-state index in [9.17, 15) is 0 Å². The van der Waals surface area contributed by atoms with Gasteiger partial charge >= 0.3 is 0 Å². The summed E-state index contributed by atoms with van der Waals surface area (Å²) in [7, 11) is 1.66. The van der Waals surface area contributed by atoms with E-state index in [0.717, 1.165) is 45.4 Å². The van der Waals surface area contributed by atoms with Crippen LogP contribution in [-0.4, -0.2) is 7.11 Å². The molecule has 2 N–H and O–H groups in total. The van der Waals surface area contributed by atoms with Gasteiger partial charge in [-0.15, -0.1) is 0 Å². The Morgan fingerprint density at radius 1 is 1.39 bits per heavy atom. The molecule has 4 heteroatoms. The van der Waals surface area contributed by atoms with Crippen molar-refractivity contribution < 1.29 is 9.15 Å². The Hall–Kier alpha value is -1.00. The van der Waals surface area contributed by atoms with E-state index in [1.165, 1.54) is 6.42 Å². The van der Waals surface area contributed by atoms with Gasteiger partial charge in [0.1, 0.15) is 5.76 Å². The summed E-state index contributed by atoms with van der Waals surface area (Å²) in [5.41, 5.74) is 8.12. The van der Waals surface area contributed by atoms with Crippen molar-refractivity contribution in [3.63, 3.8) is 0 Å². The number of methoxy groups -OCH3 is 1. The van der Waals surface area contributed by atoms with Crippen LogP contribution in [0.25, 0.3) is 11.0 Å². The molecule has 18 heavy (non-hydrogen) atoms. The SMILES string of the molecule is COc1cc(C2(N)CCC2)c(Br)c2cc(C)oc12. The number of hydrogen-bond donors (Lipinski definition) is 1. The number of benzene rings is 1. The van der Waals surface area contributed by atoms with Crippen LogP contribution in [0.5, 0.6) is 5.75 Å². The smallest absolute Gasteiger partial charge is 0.177 e. The zero-order valence-electron chi connectivity index (χ0n) is 10.5. The molecule has 1 fully saturated rings. The molecule has 96 valence electrons. The van der Waals surface area contributed by atoms with E-state index in [0.29, 0.717) is 0 Å². The van der Waals surface area contributed by atoms with E-state index < -0.39 is 0 Å². The van der Waals surface area contributed by atoms with Gasteiger partial charge in [0.15, 0.2) is 11.3 Å². The van der Waals surface area contributed by atoms with Gasteiger partial charge in [0.2, 0.25) is 0 Å². The summed E-state index contributed by atoms with van der Waals surface area (Å²) in [6, 6.07) is 4.03. The summed E-state index contributed by atoms with van der Waals surface area (Å²) < 4.78 is 12.2. The predicted octanol–water partition coefficient (Wildman–Crippen LogP) is 3.85. The second kappa shape index (κ2) is 4.00. The summed E-state index contributed by atoms with van der Waals surface area (Å²) in [5.74, 6) is 1.63. The predicted molar refractivity (Wildman–Crippen MR) is 74.9 cm³/mol. The molecule has 0 radical (unpaired) electrons. The standard InChI is InChI=1S/C14H16BrNO2/c1-8-6-9-12(15)10(14(16)4-3-5-14)7-11(17-2)13(9)18-8/h6-7H,3-5,16H2,1-2H3. The van der Waals surface area contributed by atoms with Crippen molar-refractivity contribution in [2.45, 2.75) is 31.7 Å². The Morgan fingerprint density at radius 3 is 2.67 bits per heavy atom. The number of fused-ring (bicyclic) bond motifs is 1. The molecular formula is C14H16BrNO2. The number of ether oxygens (including phenoxy) is 1. The third-order valence-electron chi connectivity index (χ3n) is 3.83. The fourth-order valence-corrected chi connectivity index (χ4v) is 3.41. The van der Waals surface area contributed by atoms with Crippen LogP contribution in [0, 0.1) is 6.92 Å². The molecule has 3 nitrogen and oxygen atoms in total. The first-order chi connectivity index (χ1) is 8.55. The van der Waals surface area contributed by atoms with Crippen LogP contribution in [0.15, 0.2) is 21.0 Å². The third-order valence-corrected chi connectivity index (χ3v) is 4.68. The highest BCUT2D eigenvalue weighted by atomic mass is 79.9. The Bertz CT molecular complexity index is 614. The van der Waals surface area contributed by atoms with Gasteiger partial charge in [-0.1, -0.05) is 0 Å². The lowest BCUT2D eigenvalue weighted by Crippen LogP contribution is -2.43. The molecule has 0 unspecified atom stereocenters. The van der Waals surface area contributed by atoms with Crippen LogP contribution in [0.2, 0.25) is 0 Å². The van der Waals surface area contributed by atoms with Gasteiger partial charge in [-0.25, -0.2) is 0 Å². The quantitative estimate of drug-likeness (QED) is 0.916. The highest BCUT2D eigenvalue weighted by molar-refractivity contribution is 9.10. The number of nitrogens with two attached hydrogens (primary N) is 1. The van der Waals surface area contributed by atoms with E-state index in [2.05, 4.69) is 15.9 Å². The molecule has 3 rings (SSSR count). The van der Waals surface area contributed by atoms with Crippen molar-refractivity contribution in [3.05, 3.63) is 27.9 Å². The van der Waals surface area contributed by atoms with Crippen LogP contribution >= 0.6 is 15.9 Å². The second-order valence-corrected chi connectivity index (χ2v) is 5.84. The molecule has 1 aliphatic rings. The molecule has 1 saturated carbocycles. The van der Waals surface area contributed by atoms with Crippen LogP contribution in [0.4, 0.5) is 0 Å². The van der Waals surface area contributed by atoms with Gasteiger partial charge in [0.05, 0.1) is 7.11 Å². The van der Waals surface area contributed by atoms with Gasteiger partial charge in [0, 0.05) is 15.4 Å². The first-order valence-corrected chi connectivity index (χ1v) is 6.90. The Morgan fingerprint density at radius 2 is 2.11 bits per heavy atom. The van der Waals surface area contributed by atoms with Crippen molar-refractivity contribution in [2.24, 2.45) is 5.73 Å². The highest BCUT2D eigenvalue weighted by Crippen LogP contribution is 2.46. The lowest BCUT2D eigenvalue weighted by Gasteiger charge is -2.39. The summed E-state index contributed by atoms with van der Waals surface area (Å²) in [6.07, 6.45) is 3.24. The lowest BCUT2D eigenvalue weighted by molar-refractivity contribution is 0.252. The minimum atomic E-state index is -0.217. The largest absolute Gasteiger partial charge is 0.493 e.